The Labute approximate surface area is 118 Å². The molecule has 1 aromatic heterocycles. The number of nitrogens with one attached hydrogen (secondary N) is 1. The molecule has 2 unspecified atom stereocenters. The third-order valence-electron chi connectivity index (χ3n) is 3.60. The fourth-order valence-electron chi connectivity index (χ4n) is 2.51. The van der Waals surface area contributed by atoms with Crippen molar-refractivity contribution < 1.29 is 0 Å². The van der Waals surface area contributed by atoms with E-state index in [9.17, 15) is 0 Å². The lowest BCUT2D eigenvalue weighted by Gasteiger charge is -2.30. The zero-order valence-electron chi connectivity index (χ0n) is 13.3. The molecule has 0 aliphatic heterocycles. The van der Waals surface area contributed by atoms with Gasteiger partial charge in [0.1, 0.15) is 5.82 Å². The Morgan fingerprint density at radius 1 is 1.26 bits per heavy atom. The third-order valence-corrected chi connectivity index (χ3v) is 3.60. The predicted molar refractivity (Wildman–Crippen MR) is 83.6 cm³/mol. The van der Waals surface area contributed by atoms with Crippen LogP contribution in [-0.4, -0.2) is 24.6 Å². The molecule has 3 nitrogen and oxygen atoms in total. The van der Waals surface area contributed by atoms with E-state index in [-0.39, 0.29) is 0 Å². The molecule has 0 radical (unpaired) electrons. The molecule has 1 aromatic rings. The molecule has 0 amide bonds. The fourth-order valence-corrected chi connectivity index (χ4v) is 2.51. The highest BCUT2D eigenvalue weighted by Gasteiger charge is 2.18. The average Bonchev–Trinajstić information content (AvgIpc) is 2.37. The Hall–Kier alpha value is -1.09. The van der Waals surface area contributed by atoms with Crippen molar-refractivity contribution in [3.05, 3.63) is 23.9 Å². The first-order chi connectivity index (χ1) is 8.97. The van der Waals surface area contributed by atoms with E-state index in [2.05, 4.69) is 62.9 Å². The second-order valence-electron chi connectivity index (χ2n) is 5.79. The van der Waals surface area contributed by atoms with E-state index in [1.54, 1.807) is 0 Å². The van der Waals surface area contributed by atoms with Crippen LogP contribution >= 0.6 is 0 Å². The van der Waals surface area contributed by atoms with E-state index >= 15 is 0 Å². The lowest BCUT2D eigenvalue weighted by Crippen LogP contribution is -2.32. The second-order valence-corrected chi connectivity index (χ2v) is 5.79. The van der Waals surface area contributed by atoms with Crippen LogP contribution in [0.25, 0.3) is 0 Å². The predicted octanol–water partition coefficient (Wildman–Crippen LogP) is 3.62. The second kappa shape index (κ2) is 7.49. The van der Waals surface area contributed by atoms with Crippen LogP contribution in [0.4, 0.5) is 5.82 Å². The summed E-state index contributed by atoms with van der Waals surface area (Å²) < 4.78 is 0. The molecule has 1 rings (SSSR count). The summed E-state index contributed by atoms with van der Waals surface area (Å²) in [5.74, 6) is 1.81. The van der Waals surface area contributed by atoms with Crippen molar-refractivity contribution in [3.8, 4) is 0 Å². The van der Waals surface area contributed by atoms with E-state index in [0.29, 0.717) is 18.0 Å². The molecule has 19 heavy (non-hydrogen) atoms. The largest absolute Gasteiger partial charge is 0.357 e. The molecule has 0 fully saturated rings. The normalized spacial score (nSPS) is 14.5. The maximum absolute atomic E-state index is 4.60. The number of hydrogen-bond donors (Lipinski definition) is 1. The first-order valence-electron chi connectivity index (χ1n) is 7.38. The molecule has 0 bridgehead atoms. The van der Waals surface area contributed by atoms with Gasteiger partial charge in [-0.1, -0.05) is 26.8 Å². The zero-order valence-corrected chi connectivity index (χ0v) is 13.3. The molecule has 0 aromatic carbocycles. The van der Waals surface area contributed by atoms with Gasteiger partial charge in [-0.25, -0.2) is 4.98 Å². The molecule has 0 spiro atoms. The van der Waals surface area contributed by atoms with Crippen LogP contribution in [-0.2, 0) is 0 Å². The van der Waals surface area contributed by atoms with Crippen molar-refractivity contribution in [2.45, 2.75) is 53.1 Å². The zero-order chi connectivity index (χ0) is 14.4. The van der Waals surface area contributed by atoms with Crippen molar-refractivity contribution in [2.75, 3.05) is 18.5 Å². The summed E-state index contributed by atoms with van der Waals surface area (Å²) in [5, 5.41) is 3.47. The van der Waals surface area contributed by atoms with Gasteiger partial charge < -0.3 is 10.2 Å². The smallest absolute Gasteiger partial charge is 0.133 e. The fraction of sp³-hybridized carbons (Fsp3) is 0.688. The quantitative estimate of drug-likeness (QED) is 0.814. The molecule has 1 heterocycles. The van der Waals surface area contributed by atoms with Crippen LogP contribution in [0.5, 0.6) is 0 Å². The van der Waals surface area contributed by atoms with E-state index in [0.717, 1.165) is 12.4 Å². The third kappa shape index (κ3) is 4.50. The van der Waals surface area contributed by atoms with Gasteiger partial charge >= 0.3 is 0 Å². The maximum atomic E-state index is 4.60. The number of pyridine rings is 1. The molecule has 3 heteroatoms. The summed E-state index contributed by atoms with van der Waals surface area (Å²) in [7, 11) is 2.15. The van der Waals surface area contributed by atoms with E-state index in [1.165, 1.54) is 12.0 Å². The summed E-state index contributed by atoms with van der Waals surface area (Å²) >= 11 is 0. The van der Waals surface area contributed by atoms with Crippen molar-refractivity contribution in [1.82, 2.24) is 10.3 Å². The lowest BCUT2D eigenvalue weighted by atomic mass is 10.0. The monoisotopic (exact) mass is 263 g/mol. The van der Waals surface area contributed by atoms with Gasteiger partial charge in [0, 0.05) is 30.9 Å². The lowest BCUT2D eigenvalue weighted by molar-refractivity contribution is 0.499. The molecule has 0 aliphatic carbocycles. The Kier molecular flexibility index (Phi) is 6.29. The molecule has 1 N–H and O–H groups in total. The Morgan fingerprint density at radius 2 is 1.95 bits per heavy atom. The minimum Gasteiger partial charge on any atom is -0.357 e. The summed E-state index contributed by atoms with van der Waals surface area (Å²) in [4.78, 5) is 6.90. The van der Waals surface area contributed by atoms with Crippen molar-refractivity contribution in [1.29, 1.82) is 0 Å². The topological polar surface area (TPSA) is 28.2 Å². The van der Waals surface area contributed by atoms with Gasteiger partial charge in [-0.05, 0) is 38.8 Å². The maximum Gasteiger partial charge on any atom is 0.133 e. The van der Waals surface area contributed by atoms with Crippen LogP contribution in [0.15, 0.2) is 18.3 Å². The molecular formula is C16H29N3. The van der Waals surface area contributed by atoms with Gasteiger partial charge in [-0.15, -0.1) is 0 Å². The number of hydrogen-bond acceptors (Lipinski definition) is 3. The molecular weight excluding hydrogens is 234 g/mol. The highest BCUT2D eigenvalue weighted by atomic mass is 15.2. The number of anilines is 1. The standard InChI is InChI=1S/C16H29N3/c1-7-17-14(5)15-9-8-10-18-16(15)19(6)13(4)11-12(2)3/h8-10,12-14,17H,7,11H2,1-6H3. The Morgan fingerprint density at radius 3 is 2.53 bits per heavy atom. The molecule has 0 saturated heterocycles. The molecule has 0 aliphatic rings. The van der Waals surface area contributed by atoms with Crippen LogP contribution in [0.2, 0.25) is 0 Å². The minimum atomic E-state index is 0.336. The Balaban J connectivity index is 2.92. The van der Waals surface area contributed by atoms with Gasteiger partial charge in [0.05, 0.1) is 0 Å². The van der Waals surface area contributed by atoms with Crippen LogP contribution < -0.4 is 10.2 Å². The number of nitrogens with zero attached hydrogens (tertiary/aromatic N) is 2. The summed E-state index contributed by atoms with van der Waals surface area (Å²) in [6.45, 7) is 12.1. The summed E-state index contributed by atoms with van der Waals surface area (Å²) in [6.07, 6.45) is 3.07. The van der Waals surface area contributed by atoms with Gasteiger partial charge in [0.2, 0.25) is 0 Å². The minimum absolute atomic E-state index is 0.336. The van der Waals surface area contributed by atoms with Gasteiger partial charge in [-0.2, -0.15) is 0 Å². The van der Waals surface area contributed by atoms with Gasteiger partial charge in [0.25, 0.3) is 0 Å². The highest BCUT2D eigenvalue weighted by molar-refractivity contribution is 5.48. The average molecular weight is 263 g/mol. The van der Waals surface area contributed by atoms with Gasteiger partial charge in [0.15, 0.2) is 0 Å². The Bertz CT molecular complexity index is 376. The van der Waals surface area contributed by atoms with Crippen molar-refractivity contribution in [2.24, 2.45) is 5.92 Å². The SMILES string of the molecule is CCNC(C)c1cccnc1N(C)C(C)CC(C)C. The number of aromatic nitrogens is 1. The van der Waals surface area contributed by atoms with Crippen molar-refractivity contribution >= 4 is 5.82 Å². The van der Waals surface area contributed by atoms with Crippen LogP contribution in [0.1, 0.15) is 52.6 Å². The van der Waals surface area contributed by atoms with Gasteiger partial charge in [-0.3, -0.25) is 0 Å². The summed E-state index contributed by atoms with van der Waals surface area (Å²) in [6, 6.07) is 5.03. The number of rotatable bonds is 7. The van der Waals surface area contributed by atoms with Crippen molar-refractivity contribution in [3.63, 3.8) is 0 Å². The summed E-state index contributed by atoms with van der Waals surface area (Å²) in [5.41, 5.74) is 1.28. The molecule has 0 saturated carbocycles. The highest BCUT2D eigenvalue weighted by Crippen LogP contribution is 2.25. The first-order valence-corrected chi connectivity index (χ1v) is 7.38. The first kappa shape index (κ1) is 16.0. The van der Waals surface area contributed by atoms with E-state index in [4.69, 9.17) is 0 Å². The van der Waals surface area contributed by atoms with Crippen LogP contribution in [0, 0.1) is 5.92 Å². The van der Waals surface area contributed by atoms with E-state index in [1.807, 2.05) is 12.3 Å². The van der Waals surface area contributed by atoms with Crippen LogP contribution in [0.3, 0.4) is 0 Å². The van der Waals surface area contributed by atoms with E-state index < -0.39 is 0 Å². The molecule has 108 valence electrons. The molecule has 2 atom stereocenters.